The Hall–Kier alpha value is -7.78. The molecule has 6 rings (SSSR count). The minimum absolute atomic E-state index is 0.00670. The number of nitrogens with zero attached hydrogens (tertiary/aromatic N) is 1. The fourth-order valence-corrected chi connectivity index (χ4v) is 10.8. The SMILES string of the molecule is COCCC(C)(C)OC(=O)CCCCC(=O)OC(C)(C)CCOC(=O)c1cc2c(cc1C(=O)OC(O)CCCCC(O)OC)C(=O)N(c1ccc(Cc3ccc(Cc4cc(O)c5cc(C(=O)OC(O)CCCCC(O)OC)c(C(=O)OC)cc5c4O)c(Cl)c3)cc1Cl)C2=O. The Balaban J connectivity index is 1.14. The molecule has 4 unspecified atom stereocenters. The average molecular weight is 1350 g/mol. The number of amides is 2. The Kier molecular flexibility index (Phi) is 27.7. The number of fused-ring (bicyclic) bond motifs is 2. The zero-order valence-electron chi connectivity index (χ0n) is 53.7. The van der Waals surface area contributed by atoms with Crippen LogP contribution in [0.5, 0.6) is 11.5 Å². The van der Waals surface area contributed by atoms with Crippen LogP contribution >= 0.6 is 23.2 Å². The number of phenols is 2. The van der Waals surface area contributed by atoms with E-state index >= 15 is 0 Å². The largest absolute Gasteiger partial charge is 0.507 e. The van der Waals surface area contributed by atoms with E-state index in [9.17, 15) is 69.0 Å². The Labute approximate surface area is 553 Å². The molecule has 94 heavy (non-hydrogen) atoms. The lowest BCUT2D eigenvalue weighted by molar-refractivity contribution is -0.160. The maximum Gasteiger partial charge on any atom is 0.341 e. The Morgan fingerprint density at radius 2 is 0.968 bits per heavy atom. The van der Waals surface area contributed by atoms with Crippen molar-refractivity contribution in [2.45, 2.75) is 167 Å². The first-order valence-corrected chi connectivity index (χ1v) is 31.3. The maximum atomic E-state index is 14.3. The first-order chi connectivity index (χ1) is 44.5. The van der Waals surface area contributed by atoms with Gasteiger partial charge in [-0.05, 0) is 151 Å². The van der Waals surface area contributed by atoms with Crippen molar-refractivity contribution in [2.24, 2.45) is 0 Å². The number of anilines is 1. The summed E-state index contributed by atoms with van der Waals surface area (Å²) in [7, 11) is 5.32. The van der Waals surface area contributed by atoms with Crippen molar-refractivity contribution in [3.05, 3.63) is 132 Å². The molecule has 5 aromatic rings. The van der Waals surface area contributed by atoms with Crippen LogP contribution in [0.1, 0.15) is 202 Å². The van der Waals surface area contributed by atoms with E-state index in [0.29, 0.717) is 68.2 Å². The highest BCUT2D eigenvalue weighted by Crippen LogP contribution is 2.41. The number of esters is 6. The van der Waals surface area contributed by atoms with Gasteiger partial charge in [-0.15, -0.1) is 0 Å². The van der Waals surface area contributed by atoms with Crippen molar-refractivity contribution in [1.82, 2.24) is 0 Å². The van der Waals surface area contributed by atoms with E-state index in [1.165, 1.54) is 38.5 Å². The summed E-state index contributed by atoms with van der Waals surface area (Å²) in [5, 5.41) is 63.5. The van der Waals surface area contributed by atoms with Gasteiger partial charge < -0.3 is 73.3 Å². The number of methoxy groups -OCH3 is 4. The Morgan fingerprint density at radius 3 is 1.46 bits per heavy atom. The lowest BCUT2D eigenvalue weighted by Gasteiger charge is -2.25. The fraction of sp³-hybridized carbons (Fsp3) is 0.471. The molecule has 0 radical (unpaired) electrons. The van der Waals surface area contributed by atoms with Gasteiger partial charge in [0, 0.05) is 94.2 Å². The van der Waals surface area contributed by atoms with Gasteiger partial charge in [-0.2, -0.15) is 0 Å². The molecule has 0 bridgehead atoms. The number of aliphatic hydroxyl groups excluding tert-OH is 4. The zero-order chi connectivity index (χ0) is 69.2. The average Bonchev–Trinajstić information content (AvgIpc) is 1.48. The van der Waals surface area contributed by atoms with Crippen LogP contribution in [0.2, 0.25) is 10.0 Å². The molecule has 1 aliphatic rings. The fourth-order valence-electron chi connectivity index (χ4n) is 10.2. The van der Waals surface area contributed by atoms with Gasteiger partial charge in [0.25, 0.3) is 11.8 Å². The molecule has 0 fully saturated rings. The Morgan fingerprint density at radius 1 is 0.511 bits per heavy atom. The van der Waals surface area contributed by atoms with Gasteiger partial charge >= 0.3 is 35.8 Å². The molecule has 0 saturated heterocycles. The molecule has 0 saturated carbocycles. The molecule has 0 aliphatic carbocycles. The van der Waals surface area contributed by atoms with Gasteiger partial charge in [0.05, 0.1) is 57.8 Å². The number of hydrogen-bond donors (Lipinski definition) is 6. The van der Waals surface area contributed by atoms with Crippen LogP contribution in [0.3, 0.4) is 0 Å². The van der Waals surface area contributed by atoms with Gasteiger partial charge in [0.2, 0.25) is 12.6 Å². The summed E-state index contributed by atoms with van der Waals surface area (Å²) >= 11 is 13.7. The van der Waals surface area contributed by atoms with Crippen molar-refractivity contribution >= 4 is 87.3 Å². The summed E-state index contributed by atoms with van der Waals surface area (Å²) < 4.78 is 46.9. The predicted octanol–water partition coefficient (Wildman–Crippen LogP) is 10.1. The van der Waals surface area contributed by atoms with E-state index in [0.717, 1.165) is 30.2 Å². The molecule has 4 atom stereocenters. The number of benzene rings is 5. The number of unbranched alkanes of at least 4 members (excludes halogenated alkanes) is 3. The summed E-state index contributed by atoms with van der Waals surface area (Å²) in [4.78, 5) is 109. The van der Waals surface area contributed by atoms with Crippen molar-refractivity contribution in [2.75, 3.05) is 46.6 Å². The van der Waals surface area contributed by atoms with E-state index in [1.54, 1.807) is 59.1 Å². The summed E-state index contributed by atoms with van der Waals surface area (Å²) in [6, 6.07) is 15.3. The van der Waals surface area contributed by atoms with E-state index in [2.05, 4.69) is 0 Å². The summed E-state index contributed by atoms with van der Waals surface area (Å²) in [5.74, 6) is -7.90. The number of ether oxygens (including phenoxy) is 9. The van der Waals surface area contributed by atoms with Crippen LogP contribution in [0, 0.1) is 0 Å². The number of aromatic hydroxyl groups is 2. The molecule has 0 spiro atoms. The van der Waals surface area contributed by atoms with Gasteiger partial charge in [0.1, 0.15) is 22.7 Å². The van der Waals surface area contributed by atoms with Crippen molar-refractivity contribution in [1.29, 1.82) is 0 Å². The quantitative estimate of drug-likeness (QED) is 0.00542. The third-order valence-electron chi connectivity index (χ3n) is 15.5. The second-order valence-corrected chi connectivity index (χ2v) is 24.6. The van der Waals surface area contributed by atoms with Gasteiger partial charge in [-0.25, -0.2) is 24.1 Å². The number of imide groups is 1. The second kappa shape index (κ2) is 34.6. The lowest BCUT2D eigenvalue weighted by atomic mass is 9.94. The molecule has 0 aromatic heterocycles. The molecule has 510 valence electrons. The number of rotatable bonds is 36. The van der Waals surface area contributed by atoms with Gasteiger partial charge in [-0.3, -0.25) is 19.2 Å². The Bertz CT molecular complexity index is 3570. The van der Waals surface area contributed by atoms with Crippen molar-refractivity contribution in [3.8, 4) is 11.5 Å². The topological polar surface area (TPSA) is 344 Å². The van der Waals surface area contributed by atoms with Crippen LogP contribution in [-0.4, -0.2) is 156 Å². The summed E-state index contributed by atoms with van der Waals surface area (Å²) in [6.45, 7) is 6.83. The second-order valence-electron chi connectivity index (χ2n) is 23.8. The van der Waals surface area contributed by atoms with Crippen molar-refractivity contribution < 1.29 is 112 Å². The molecular formula is C68H81Cl2NO23. The lowest BCUT2D eigenvalue weighted by Crippen LogP contribution is -2.30. The third-order valence-corrected chi connectivity index (χ3v) is 16.2. The molecule has 6 N–H and O–H groups in total. The normalized spacial score (nSPS) is 13.7. The number of hydrogen-bond acceptors (Lipinski definition) is 23. The van der Waals surface area contributed by atoms with Crippen LogP contribution in [0.4, 0.5) is 5.69 Å². The van der Waals surface area contributed by atoms with Crippen LogP contribution in [-0.2, 0) is 65.1 Å². The smallest absolute Gasteiger partial charge is 0.341 e. The number of aliphatic hydroxyl groups is 4. The minimum atomic E-state index is -1.69. The first-order valence-electron chi connectivity index (χ1n) is 30.5. The number of carbonyl (C=O) groups excluding carboxylic acids is 8. The first kappa shape index (κ1) is 75.3. The van der Waals surface area contributed by atoms with E-state index in [1.807, 2.05) is 0 Å². The summed E-state index contributed by atoms with van der Waals surface area (Å²) in [5.41, 5.74) is -2.16. The molecule has 5 aromatic carbocycles. The van der Waals surface area contributed by atoms with E-state index in [4.69, 9.17) is 65.8 Å². The number of phenolic OH excluding ortho intramolecular Hbond substituents is 2. The van der Waals surface area contributed by atoms with Crippen LogP contribution in [0.15, 0.2) is 66.7 Å². The maximum absolute atomic E-state index is 14.3. The standard InChI is InChI=1S/C68H81Cl2NO23/c1-67(2,25-27-86-5)93-58(77)19-13-14-20-59(78)94-68(3,4)26-28-90-64(83)47-36-44-45(37-49(47)66(85)92-57(76)18-12-10-16-55(74)88-7)62(81)71(61(44)80)52-24-22-39(31-51(52)70)29-38-21-23-40(50(69)30-38)32-41-33-53(72)42-34-48(46(63(82)89-8)35-43(42)60(41)79)65(84)91-56(75)17-11-9-15-54(73)87-6/h21-24,30-31,33-37,54-57,72-76,79H,9-20,25-29,32H2,1-8H3. The predicted molar refractivity (Wildman–Crippen MR) is 341 cm³/mol. The highest BCUT2D eigenvalue weighted by Gasteiger charge is 2.41. The monoisotopic (exact) mass is 1350 g/mol. The van der Waals surface area contributed by atoms with Gasteiger partial charge in [0.15, 0.2) is 12.6 Å². The van der Waals surface area contributed by atoms with Gasteiger partial charge in [-0.1, -0.05) is 41.4 Å². The summed E-state index contributed by atoms with van der Waals surface area (Å²) in [6.07, 6.45) is -1.81. The highest BCUT2D eigenvalue weighted by atomic mass is 35.5. The molecule has 1 aliphatic heterocycles. The molecule has 2 amide bonds. The molecule has 24 nitrogen and oxygen atoms in total. The number of carbonyl (C=O) groups is 8. The molecular weight excluding hydrogens is 1270 g/mol. The molecule has 26 heteroatoms. The minimum Gasteiger partial charge on any atom is -0.507 e. The third kappa shape index (κ3) is 20.9. The van der Waals surface area contributed by atoms with Crippen molar-refractivity contribution in [3.63, 3.8) is 0 Å². The van der Waals surface area contributed by atoms with E-state index < -0.39 is 95.1 Å². The molecule has 1 heterocycles. The van der Waals surface area contributed by atoms with Crippen LogP contribution < -0.4 is 4.90 Å². The van der Waals surface area contributed by atoms with Crippen LogP contribution in [0.25, 0.3) is 10.8 Å². The zero-order valence-corrected chi connectivity index (χ0v) is 55.2. The highest BCUT2D eigenvalue weighted by molar-refractivity contribution is 6.40. The number of halogens is 2. The van der Waals surface area contributed by atoms with E-state index in [-0.39, 0.29) is 130 Å².